The number of halogens is 1. The molecule has 0 aliphatic heterocycles. The molecule has 3 heteroatoms. The van der Waals surface area contributed by atoms with Crippen molar-refractivity contribution in [1.29, 1.82) is 0 Å². The monoisotopic (exact) mass is 225 g/mol. The van der Waals surface area contributed by atoms with Gasteiger partial charge >= 0.3 is 0 Å². The summed E-state index contributed by atoms with van der Waals surface area (Å²) in [6.07, 6.45) is 1.26. The molecular formula is C13H20FNO. The average Bonchev–Trinajstić information content (AvgIpc) is 2.35. The smallest absolute Gasteiger partial charge is 0.151 e. The van der Waals surface area contributed by atoms with Gasteiger partial charge < -0.3 is 10.5 Å². The van der Waals surface area contributed by atoms with Crippen molar-refractivity contribution in [3.63, 3.8) is 0 Å². The van der Waals surface area contributed by atoms with E-state index in [4.69, 9.17) is 10.5 Å². The van der Waals surface area contributed by atoms with Gasteiger partial charge in [0.15, 0.2) is 5.67 Å². The van der Waals surface area contributed by atoms with E-state index in [1.165, 1.54) is 0 Å². The minimum absolute atomic E-state index is 0.0179. The molecule has 0 aliphatic rings. The molecule has 1 aromatic rings. The summed E-state index contributed by atoms with van der Waals surface area (Å²) < 4.78 is 20.0. The van der Waals surface area contributed by atoms with E-state index in [0.717, 1.165) is 6.42 Å². The third-order valence-electron chi connectivity index (χ3n) is 2.72. The maximum Gasteiger partial charge on any atom is 0.151 e. The van der Waals surface area contributed by atoms with E-state index in [1.807, 2.05) is 19.1 Å². The molecular weight excluding hydrogens is 205 g/mol. The minimum atomic E-state index is -1.48. The van der Waals surface area contributed by atoms with Gasteiger partial charge in [-0.2, -0.15) is 0 Å². The van der Waals surface area contributed by atoms with E-state index in [2.05, 4.69) is 0 Å². The fourth-order valence-corrected chi connectivity index (χ4v) is 1.62. The Bertz CT molecular complexity index is 323. The topological polar surface area (TPSA) is 35.2 Å². The predicted molar refractivity (Wildman–Crippen MR) is 64.4 cm³/mol. The summed E-state index contributed by atoms with van der Waals surface area (Å²) in [7, 11) is 0. The predicted octanol–water partition coefficient (Wildman–Crippen LogP) is 3.01. The lowest BCUT2D eigenvalue weighted by Crippen LogP contribution is -2.30. The summed E-state index contributed by atoms with van der Waals surface area (Å²) in [5.41, 5.74) is 4.60. The molecule has 1 rings (SSSR count). The van der Waals surface area contributed by atoms with E-state index in [0.29, 0.717) is 24.3 Å². The van der Waals surface area contributed by atoms with Gasteiger partial charge in [-0.15, -0.1) is 0 Å². The maximum absolute atomic E-state index is 14.5. The first-order valence-electron chi connectivity index (χ1n) is 5.79. The fraction of sp³-hybridized carbons (Fsp3) is 0.538. The lowest BCUT2D eigenvalue weighted by Gasteiger charge is -2.24. The first-order chi connectivity index (χ1) is 7.68. The first-order valence-corrected chi connectivity index (χ1v) is 5.79. The van der Waals surface area contributed by atoms with Crippen molar-refractivity contribution >= 4 is 0 Å². The van der Waals surface area contributed by atoms with Gasteiger partial charge in [-0.05, 0) is 18.9 Å². The van der Waals surface area contributed by atoms with E-state index in [9.17, 15) is 4.39 Å². The Kier molecular flexibility index (Phi) is 4.74. The molecule has 90 valence electrons. The quantitative estimate of drug-likeness (QED) is 0.807. The summed E-state index contributed by atoms with van der Waals surface area (Å²) in [6.45, 7) is 4.40. The number of alkyl halides is 1. The van der Waals surface area contributed by atoms with Crippen LogP contribution in [0.25, 0.3) is 0 Å². The van der Waals surface area contributed by atoms with Crippen molar-refractivity contribution < 1.29 is 9.13 Å². The van der Waals surface area contributed by atoms with Crippen LogP contribution in [-0.2, 0) is 5.67 Å². The summed E-state index contributed by atoms with van der Waals surface area (Å²) in [5, 5.41) is 0. The molecule has 1 atom stereocenters. The van der Waals surface area contributed by atoms with Crippen LogP contribution < -0.4 is 10.5 Å². The molecule has 0 radical (unpaired) electrons. The van der Waals surface area contributed by atoms with Crippen LogP contribution in [-0.4, -0.2) is 13.2 Å². The van der Waals surface area contributed by atoms with Gasteiger partial charge in [0.1, 0.15) is 5.75 Å². The molecule has 0 amide bonds. The maximum atomic E-state index is 14.5. The Balaban J connectivity index is 3.01. The molecule has 0 aliphatic carbocycles. The molecule has 1 aromatic carbocycles. The van der Waals surface area contributed by atoms with Gasteiger partial charge in [0.05, 0.1) is 6.61 Å². The Hall–Kier alpha value is -1.09. The van der Waals surface area contributed by atoms with E-state index < -0.39 is 5.67 Å². The summed E-state index contributed by atoms with van der Waals surface area (Å²) in [6, 6.07) is 7.21. The van der Waals surface area contributed by atoms with Gasteiger partial charge in [-0.1, -0.05) is 32.0 Å². The van der Waals surface area contributed by atoms with E-state index in [-0.39, 0.29) is 6.54 Å². The summed E-state index contributed by atoms with van der Waals surface area (Å²) >= 11 is 0. The number of para-hydroxylation sites is 1. The van der Waals surface area contributed by atoms with Crippen LogP contribution in [0.3, 0.4) is 0 Å². The molecule has 0 saturated carbocycles. The molecule has 2 N–H and O–H groups in total. The number of rotatable bonds is 6. The Morgan fingerprint density at radius 2 is 2.00 bits per heavy atom. The van der Waals surface area contributed by atoms with Crippen molar-refractivity contribution in [2.45, 2.75) is 32.4 Å². The van der Waals surface area contributed by atoms with Gasteiger partial charge in [0.25, 0.3) is 0 Å². The minimum Gasteiger partial charge on any atom is -0.493 e. The van der Waals surface area contributed by atoms with Gasteiger partial charge in [-0.25, -0.2) is 4.39 Å². The van der Waals surface area contributed by atoms with E-state index in [1.54, 1.807) is 19.1 Å². The highest BCUT2D eigenvalue weighted by Gasteiger charge is 2.31. The summed E-state index contributed by atoms with van der Waals surface area (Å²) in [4.78, 5) is 0. The Morgan fingerprint density at radius 1 is 1.31 bits per heavy atom. The second kappa shape index (κ2) is 5.85. The normalized spacial score (nSPS) is 14.5. The third-order valence-corrected chi connectivity index (χ3v) is 2.72. The second-order valence-electron chi connectivity index (χ2n) is 3.87. The zero-order valence-corrected chi connectivity index (χ0v) is 10.0. The zero-order chi connectivity index (χ0) is 12.0. The lowest BCUT2D eigenvalue weighted by molar-refractivity contribution is 0.160. The third kappa shape index (κ3) is 2.73. The SMILES string of the molecule is CCCOc1ccccc1C(F)(CC)CN. The van der Waals surface area contributed by atoms with Crippen molar-refractivity contribution in [3.8, 4) is 5.75 Å². The van der Waals surface area contributed by atoms with Crippen LogP contribution in [0.2, 0.25) is 0 Å². The van der Waals surface area contributed by atoms with Crippen LogP contribution in [0, 0.1) is 0 Å². The van der Waals surface area contributed by atoms with Crippen molar-refractivity contribution in [2.24, 2.45) is 5.73 Å². The van der Waals surface area contributed by atoms with Crippen LogP contribution in [0.15, 0.2) is 24.3 Å². The number of benzene rings is 1. The highest BCUT2D eigenvalue weighted by molar-refractivity contribution is 5.38. The van der Waals surface area contributed by atoms with E-state index >= 15 is 0 Å². The average molecular weight is 225 g/mol. The van der Waals surface area contributed by atoms with Gasteiger partial charge in [0.2, 0.25) is 0 Å². The number of hydrogen-bond acceptors (Lipinski definition) is 2. The molecule has 1 unspecified atom stereocenters. The van der Waals surface area contributed by atoms with Crippen LogP contribution in [0.4, 0.5) is 4.39 Å². The van der Waals surface area contributed by atoms with Gasteiger partial charge in [0, 0.05) is 12.1 Å². The van der Waals surface area contributed by atoms with Gasteiger partial charge in [-0.3, -0.25) is 0 Å². The molecule has 0 heterocycles. The summed E-state index contributed by atoms with van der Waals surface area (Å²) in [5.74, 6) is 0.610. The molecule has 0 bridgehead atoms. The van der Waals surface area contributed by atoms with Crippen molar-refractivity contribution in [3.05, 3.63) is 29.8 Å². The molecule has 0 spiro atoms. The standard InChI is InChI=1S/C13H20FNO/c1-3-9-16-12-8-6-5-7-11(12)13(14,4-2)10-15/h5-8H,3-4,9-10,15H2,1-2H3. The molecule has 16 heavy (non-hydrogen) atoms. The first kappa shape index (κ1) is 13.0. The van der Waals surface area contributed by atoms with Crippen molar-refractivity contribution in [2.75, 3.05) is 13.2 Å². The Morgan fingerprint density at radius 3 is 2.56 bits per heavy atom. The number of nitrogens with two attached hydrogens (primary N) is 1. The number of hydrogen-bond donors (Lipinski definition) is 1. The largest absolute Gasteiger partial charge is 0.493 e. The zero-order valence-electron chi connectivity index (χ0n) is 10.0. The van der Waals surface area contributed by atoms with Crippen LogP contribution in [0.5, 0.6) is 5.75 Å². The highest BCUT2D eigenvalue weighted by Crippen LogP contribution is 2.35. The highest BCUT2D eigenvalue weighted by atomic mass is 19.1. The molecule has 0 aromatic heterocycles. The Labute approximate surface area is 96.6 Å². The molecule has 0 saturated heterocycles. The molecule has 2 nitrogen and oxygen atoms in total. The number of ether oxygens (including phenoxy) is 1. The lowest BCUT2D eigenvalue weighted by atomic mass is 9.92. The van der Waals surface area contributed by atoms with Crippen LogP contribution in [0.1, 0.15) is 32.3 Å². The van der Waals surface area contributed by atoms with Crippen LogP contribution >= 0.6 is 0 Å². The van der Waals surface area contributed by atoms with Crippen molar-refractivity contribution in [1.82, 2.24) is 0 Å². The molecule has 0 fully saturated rings. The second-order valence-corrected chi connectivity index (χ2v) is 3.87. The fourth-order valence-electron chi connectivity index (χ4n) is 1.62.